The van der Waals surface area contributed by atoms with Gasteiger partial charge in [-0.2, -0.15) is 0 Å². The minimum absolute atomic E-state index is 0.0349. The second kappa shape index (κ2) is 12.3. The molecule has 0 fully saturated rings. The quantitative estimate of drug-likeness (QED) is 0.378. The molecule has 0 saturated heterocycles. The van der Waals surface area contributed by atoms with Crippen LogP contribution < -0.4 is 10.2 Å². The van der Waals surface area contributed by atoms with Crippen molar-refractivity contribution in [2.24, 2.45) is 0 Å². The topological polar surface area (TPSA) is 93.7 Å². The highest BCUT2D eigenvalue weighted by molar-refractivity contribution is 7.20. The number of carbonyl (C=O) groups excluding carboxylic acids is 2. The van der Waals surface area contributed by atoms with E-state index in [9.17, 15) is 9.59 Å². The van der Waals surface area contributed by atoms with Gasteiger partial charge in [0.2, 0.25) is 0 Å². The Kier molecular flexibility index (Phi) is 11.0. The molecular formula is C19H22Cl4N4O4S2. The fraction of sp³-hybridized carbons (Fsp3) is 0.474. The second-order valence-corrected chi connectivity index (χ2v) is 11.9. The molecule has 33 heavy (non-hydrogen) atoms. The number of thiazole rings is 2. The lowest BCUT2D eigenvalue weighted by Gasteiger charge is -2.25. The SMILES string of the molecule is C#CCN(C(=O)OC(C)(C)C)c1sc(Cl)nc1Cl.CC(C)(C)OC(=O)Nc1sc(Cl)nc1Cl. The zero-order chi connectivity index (χ0) is 25.6. The van der Waals surface area contributed by atoms with E-state index in [0.717, 1.165) is 22.7 Å². The number of halogens is 4. The molecule has 0 radical (unpaired) electrons. The molecule has 182 valence electrons. The second-order valence-electron chi connectivity index (χ2n) is 8.05. The summed E-state index contributed by atoms with van der Waals surface area (Å²) in [5, 5.41) is 3.53. The van der Waals surface area contributed by atoms with Crippen molar-refractivity contribution >= 4 is 91.3 Å². The number of amides is 2. The van der Waals surface area contributed by atoms with Gasteiger partial charge in [-0.05, 0) is 41.5 Å². The van der Waals surface area contributed by atoms with Crippen molar-refractivity contribution in [1.29, 1.82) is 0 Å². The Morgan fingerprint density at radius 2 is 1.48 bits per heavy atom. The summed E-state index contributed by atoms with van der Waals surface area (Å²) in [6.45, 7) is 10.6. The van der Waals surface area contributed by atoms with Crippen molar-refractivity contribution in [3.63, 3.8) is 0 Å². The van der Waals surface area contributed by atoms with E-state index in [4.69, 9.17) is 62.3 Å². The van der Waals surface area contributed by atoms with Gasteiger partial charge in [0.05, 0.1) is 6.54 Å². The van der Waals surface area contributed by atoms with Gasteiger partial charge in [-0.25, -0.2) is 19.6 Å². The lowest BCUT2D eigenvalue weighted by atomic mass is 10.2. The normalized spacial score (nSPS) is 11.1. The van der Waals surface area contributed by atoms with Gasteiger partial charge < -0.3 is 9.47 Å². The van der Waals surface area contributed by atoms with Crippen LogP contribution in [0.3, 0.4) is 0 Å². The van der Waals surface area contributed by atoms with Crippen LogP contribution >= 0.6 is 69.1 Å². The molecule has 0 unspecified atom stereocenters. The van der Waals surface area contributed by atoms with Crippen LogP contribution in [0.5, 0.6) is 0 Å². The van der Waals surface area contributed by atoms with E-state index in [2.05, 4.69) is 21.2 Å². The van der Waals surface area contributed by atoms with Gasteiger partial charge in [0.15, 0.2) is 19.2 Å². The molecule has 0 aliphatic carbocycles. The van der Waals surface area contributed by atoms with Crippen LogP contribution in [0.2, 0.25) is 19.2 Å². The highest BCUT2D eigenvalue weighted by Gasteiger charge is 2.26. The van der Waals surface area contributed by atoms with E-state index in [-0.39, 0.29) is 25.8 Å². The van der Waals surface area contributed by atoms with E-state index in [0.29, 0.717) is 10.0 Å². The minimum Gasteiger partial charge on any atom is -0.444 e. The Morgan fingerprint density at radius 3 is 1.88 bits per heavy atom. The summed E-state index contributed by atoms with van der Waals surface area (Å²) >= 11 is 25.1. The third kappa shape index (κ3) is 11.0. The number of aromatic nitrogens is 2. The van der Waals surface area contributed by atoms with Crippen molar-refractivity contribution in [2.75, 3.05) is 16.8 Å². The lowest BCUT2D eigenvalue weighted by molar-refractivity contribution is 0.0583. The number of carbonyl (C=O) groups is 2. The van der Waals surface area contributed by atoms with E-state index < -0.39 is 23.4 Å². The number of nitrogens with zero attached hydrogens (tertiary/aromatic N) is 3. The number of ether oxygens (including phenoxy) is 2. The zero-order valence-corrected chi connectivity index (χ0v) is 23.2. The number of hydrogen-bond donors (Lipinski definition) is 1. The molecule has 2 rings (SSSR count). The van der Waals surface area contributed by atoms with Crippen LogP contribution in [0.1, 0.15) is 41.5 Å². The molecule has 2 heterocycles. The predicted octanol–water partition coefficient (Wildman–Crippen LogP) is 7.62. The third-order valence-electron chi connectivity index (χ3n) is 2.83. The number of nitrogens with one attached hydrogen (secondary N) is 1. The number of rotatable bonds is 3. The first-order chi connectivity index (χ1) is 15.0. The first kappa shape index (κ1) is 29.6. The standard InChI is InChI=1S/C11H12Cl2N2O2S.C8H10Cl2N2O2S/c1-5-6-15(10(16)17-11(2,3)4)8-7(12)14-9(13)18-8;1-8(2,3)14-7(13)12-5-4(9)11-6(10)15-5/h1H,6H2,2-4H3;1-3H3,(H,12,13). The van der Waals surface area contributed by atoms with Crippen LogP contribution in [-0.2, 0) is 9.47 Å². The molecule has 0 atom stereocenters. The Morgan fingerprint density at radius 1 is 0.970 bits per heavy atom. The summed E-state index contributed by atoms with van der Waals surface area (Å²) in [5.41, 5.74) is -1.17. The predicted molar refractivity (Wildman–Crippen MR) is 137 cm³/mol. The molecule has 0 spiro atoms. The first-order valence-electron chi connectivity index (χ1n) is 9.10. The van der Waals surface area contributed by atoms with E-state index in [1.54, 1.807) is 41.5 Å². The van der Waals surface area contributed by atoms with Crippen LogP contribution in [-0.4, -0.2) is 39.9 Å². The van der Waals surface area contributed by atoms with Gasteiger partial charge in [-0.1, -0.05) is 75.0 Å². The van der Waals surface area contributed by atoms with E-state index >= 15 is 0 Å². The molecule has 0 aromatic carbocycles. The van der Waals surface area contributed by atoms with Gasteiger partial charge >= 0.3 is 12.2 Å². The Labute approximate surface area is 220 Å². The van der Waals surface area contributed by atoms with E-state index in [1.807, 2.05) is 0 Å². The molecule has 0 saturated carbocycles. The minimum atomic E-state index is -0.620. The summed E-state index contributed by atoms with van der Waals surface area (Å²) in [4.78, 5) is 32.1. The zero-order valence-electron chi connectivity index (χ0n) is 18.6. The number of terminal acetylenes is 1. The molecule has 14 heteroatoms. The summed E-state index contributed by atoms with van der Waals surface area (Å²) in [5.74, 6) is 2.37. The molecule has 8 nitrogen and oxygen atoms in total. The van der Waals surface area contributed by atoms with Gasteiger partial charge in [-0.3, -0.25) is 10.2 Å². The van der Waals surface area contributed by atoms with Gasteiger partial charge in [0.25, 0.3) is 0 Å². The monoisotopic (exact) mass is 574 g/mol. The molecule has 0 aliphatic rings. The average Bonchev–Trinajstić information content (AvgIpc) is 3.10. The Bertz CT molecular complexity index is 1020. The van der Waals surface area contributed by atoms with Crippen molar-refractivity contribution in [3.8, 4) is 12.3 Å². The van der Waals surface area contributed by atoms with Crippen molar-refractivity contribution in [1.82, 2.24) is 9.97 Å². The first-order valence-corrected chi connectivity index (χ1v) is 12.2. The highest BCUT2D eigenvalue weighted by atomic mass is 35.5. The smallest absolute Gasteiger partial charge is 0.416 e. The number of anilines is 2. The van der Waals surface area contributed by atoms with E-state index in [1.165, 1.54) is 4.90 Å². The van der Waals surface area contributed by atoms with Crippen molar-refractivity contribution in [3.05, 3.63) is 19.2 Å². The molecule has 2 amide bonds. The van der Waals surface area contributed by atoms with Gasteiger partial charge in [0.1, 0.15) is 21.2 Å². The summed E-state index contributed by atoms with van der Waals surface area (Å²) in [6, 6.07) is 0. The van der Waals surface area contributed by atoms with Crippen LogP contribution in [0.15, 0.2) is 0 Å². The summed E-state index contributed by atoms with van der Waals surface area (Å²) in [7, 11) is 0. The van der Waals surface area contributed by atoms with Crippen LogP contribution in [0.25, 0.3) is 0 Å². The fourth-order valence-corrected chi connectivity index (χ4v) is 4.42. The summed E-state index contributed by atoms with van der Waals surface area (Å²) < 4.78 is 10.8. The van der Waals surface area contributed by atoms with Gasteiger partial charge in [0, 0.05) is 0 Å². The Hall–Kier alpha value is -1.48. The third-order valence-corrected chi connectivity index (χ3v) is 5.85. The maximum Gasteiger partial charge on any atom is 0.416 e. The maximum absolute atomic E-state index is 12.0. The number of hydrogen-bond acceptors (Lipinski definition) is 8. The molecular weight excluding hydrogens is 554 g/mol. The fourth-order valence-electron chi connectivity index (χ4n) is 1.81. The summed E-state index contributed by atoms with van der Waals surface area (Å²) in [6.07, 6.45) is 4.07. The molecule has 0 bridgehead atoms. The molecule has 2 aromatic rings. The largest absolute Gasteiger partial charge is 0.444 e. The molecule has 0 aliphatic heterocycles. The maximum atomic E-state index is 12.0. The van der Waals surface area contributed by atoms with Gasteiger partial charge in [-0.15, -0.1) is 6.42 Å². The average molecular weight is 576 g/mol. The molecule has 1 N–H and O–H groups in total. The van der Waals surface area contributed by atoms with Crippen molar-refractivity contribution < 1.29 is 19.1 Å². The van der Waals surface area contributed by atoms with Crippen LogP contribution in [0, 0.1) is 12.3 Å². The van der Waals surface area contributed by atoms with Crippen molar-refractivity contribution in [2.45, 2.75) is 52.7 Å². The highest BCUT2D eigenvalue weighted by Crippen LogP contribution is 2.35. The van der Waals surface area contributed by atoms with Crippen LogP contribution in [0.4, 0.5) is 19.6 Å². The lowest BCUT2D eigenvalue weighted by Crippen LogP contribution is -2.36. The molecule has 2 aromatic heterocycles. The Balaban J connectivity index is 0.000000335.